The monoisotopic (exact) mass is 288 g/mol. The van der Waals surface area contributed by atoms with Gasteiger partial charge in [0.1, 0.15) is 5.75 Å². The summed E-state index contributed by atoms with van der Waals surface area (Å²) >= 11 is 0. The molecule has 0 aliphatic rings. The van der Waals surface area contributed by atoms with Crippen molar-refractivity contribution in [1.82, 2.24) is 15.1 Å². The molecule has 0 aliphatic carbocycles. The van der Waals surface area contributed by atoms with Gasteiger partial charge in [0.05, 0.1) is 12.6 Å². The molecule has 1 heterocycles. The molecule has 0 fully saturated rings. The lowest BCUT2D eigenvalue weighted by Crippen LogP contribution is -2.46. The van der Waals surface area contributed by atoms with Crippen LogP contribution in [0.2, 0.25) is 0 Å². The lowest BCUT2D eigenvalue weighted by molar-refractivity contribution is -0.123. The quantitative estimate of drug-likeness (QED) is 0.728. The SMILES string of the molecule is CC(Cn1cccn1)NC(=O)[C@H](N)Cc1ccc(O)cc1. The van der Waals surface area contributed by atoms with E-state index in [1.54, 1.807) is 35.1 Å². The highest BCUT2D eigenvalue weighted by Crippen LogP contribution is 2.10. The van der Waals surface area contributed by atoms with E-state index in [1.165, 1.54) is 0 Å². The van der Waals surface area contributed by atoms with Gasteiger partial charge in [-0.2, -0.15) is 5.10 Å². The van der Waals surface area contributed by atoms with Gasteiger partial charge < -0.3 is 16.2 Å². The summed E-state index contributed by atoms with van der Waals surface area (Å²) in [5.41, 5.74) is 6.82. The van der Waals surface area contributed by atoms with Gasteiger partial charge in [-0.15, -0.1) is 0 Å². The Kier molecular flexibility index (Phi) is 4.94. The van der Waals surface area contributed by atoms with Crippen LogP contribution >= 0.6 is 0 Å². The Labute approximate surface area is 123 Å². The van der Waals surface area contributed by atoms with E-state index in [1.807, 2.05) is 19.2 Å². The molecule has 21 heavy (non-hydrogen) atoms. The van der Waals surface area contributed by atoms with Crippen LogP contribution in [-0.2, 0) is 17.8 Å². The first-order valence-corrected chi connectivity index (χ1v) is 6.86. The van der Waals surface area contributed by atoms with Crippen molar-refractivity contribution in [2.75, 3.05) is 0 Å². The molecule has 0 spiro atoms. The Bertz CT molecular complexity index is 566. The Morgan fingerprint density at radius 3 is 2.76 bits per heavy atom. The Morgan fingerprint density at radius 1 is 1.43 bits per heavy atom. The van der Waals surface area contributed by atoms with Crippen molar-refractivity contribution in [3.05, 3.63) is 48.3 Å². The van der Waals surface area contributed by atoms with Crippen molar-refractivity contribution in [2.24, 2.45) is 5.73 Å². The Morgan fingerprint density at radius 2 is 2.14 bits per heavy atom. The summed E-state index contributed by atoms with van der Waals surface area (Å²) in [6.07, 6.45) is 3.98. The van der Waals surface area contributed by atoms with E-state index in [0.717, 1.165) is 5.56 Å². The average Bonchev–Trinajstić information content (AvgIpc) is 2.94. The zero-order chi connectivity index (χ0) is 15.2. The van der Waals surface area contributed by atoms with E-state index in [2.05, 4.69) is 10.4 Å². The van der Waals surface area contributed by atoms with Crippen molar-refractivity contribution >= 4 is 5.91 Å². The maximum atomic E-state index is 12.0. The number of benzene rings is 1. The Balaban J connectivity index is 1.83. The topological polar surface area (TPSA) is 93.2 Å². The van der Waals surface area contributed by atoms with Gasteiger partial charge >= 0.3 is 0 Å². The summed E-state index contributed by atoms with van der Waals surface area (Å²) in [4.78, 5) is 12.0. The molecule has 0 radical (unpaired) electrons. The average molecular weight is 288 g/mol. The van der Waals surface area contributed by atoms with E-state index in [-0.39, 0.29) is 17.7 Å². The standard InChI is InChI=1S/C15H20N4O2/c1-11(10-19-8-2-7-17-19)18-15(21)14(16)9-12-3-5-13(20)6-4-12/h2-8,11,14,20H,9-10,16H2,1H3,(H,18,21)/t11?,14-/m1/s1. The maximum Gasteiger partial charge on any atom is 0.237 e. The van der Waals surface area contributed by atoms with Crippen molar-refractivity contribution in [1.29, 1.82) is 0 Å². The molecule has 112 valence electrons. The number of nitrogens with zero attached hydrogens (tertiary/aromatic N) is 2. The largest absolute Gasteiger partial charge is 0.508 e. The Hall–Kier alpha value is -2.34. The number of aromatic nitrogens is 2. The fourth-order valence-corrected chi connectivity index (χ4v) is 2.06. The number of carbonyl (C=O) groups is 1. The van der Waals surface area contributed by atoms with Crippen molar-refractivity contribution in [3.63, 3.8) is 0 Å². The first-order chi connectivity index (χ1) is 10.0. The molecule has 1 unspecified atom stereocenters. The van der Waals surface area contributed by atoms with E-state index in [4.69, 9.17) is 5.73 Å². The summed E-state index contributed by atoms with van der Waals surface area (Å²) < 4.78 is 1.76. The van der Waals surface area contributed by atoms with Crippen LogP contribution in [0.15, 0.2) is 42.7 Å². The van der Waals surface area contributed by atoms with Gasteiger partial charge in [-0.1, -0.05) is 12.1 Å². The first-order valence-electron chi connectivity index (χ1n) is 6.86. The molecule has 2 rings (SSSR count). The van der Waals surface area contributed by atoms with E-state index in [0.29, 0.717) is 13.0 Å². The van der Waals surface area contributed by atoms with Crippen LogP contribution in [0.4, 0.5) is 0 Å². The number of phenols is 1. The number of aromatic hydroxyl groups is 1. The van der Waals surface area contributed by atoms with Crippen LogP contribution in [0, 0.1) is 0 Å². The highest BCUT2D eigenvalue weighted by molar-refractivity contribution is 5.82. The minimum Gasteiger partial charge on any atom is -0.508 e. The number of phenolic OH excluding ortho intramolecular Hbond substituents is 1. The number of rotatable bonds is 6. The molecule has 6 nitrogen and oxygen atoms in total. The van der Waals surface area contributed by atoms with Crippen LogP contribution in [-0.4, -0.2) is 32.9 Å². The number of hydrogen-bond acceptors (Lipinski definition) is 4. The predicted molar refractivity (Wildman–Crippen MR) is 79.6 cm³/mol. The molecular weight excluding hydrogens is 268 g/mol. The van der Waals surface area contributed by atoms with Gasteiger partial charge in [-0.05, 0) is 37.1 Å². The summed E-state index contributed by atoms with van der Waals surface area (Å²) in [6.45, 7) is 2.51. The van der Waals surface area contributed by atoms with Gasteiger partial charge in [0, 0.05) is 18.4 Å². The number of amides is 1. The highest BCUT2D eigenvalue weighted by atomic mass is 16.3. The first kappa shape index (κ1) is 15.1. The van der Waals surface area contributed by atoms with E-state index in [9.17, 15) is 9.90 Å². The number of carbonyl (C=O) groups excluding carboxylic acids is 1. The summed E-state index contributed by atoms with van der Waals surface area (Å²) in [5.74, 6) is 0.00680. The molecule has 0 saturated heterocycles. The number of nitrogens with one attached hydrogen (secondary N) is 1. The normalized spacial score (nSPS) is 13.6. The zero-order valence-corrected chi connectivity index (χ0v) is 11.9. The molecule has 4 N–H and O–H groups in total. The second kappa shape index (κ2) is 6.90. The van der Waals surface area contributed by atoms with E-state index >= 15 is 0 Å². The summed E-state index contributed by atoms with van der Waals surface area (Å²) in [6, 6.07) is 7.86. The molecule has 1 amide bonds. The third kappa shape index (κ3) is 4.61. The number of nitrogens with two attached hydrogens (primary N) is 1. The summed E-state index contributed by atoms with van der Waals surface area (Å²) in [5, 5.41) is 16.2. The van der Waals surface area contributed by atoms with Gasteiger partial charge in [0.25, 0.3) is 0 Å². The minimum atomic E-state index is -0.616. The van der Waals surface area contributed by atoms with Gasteiger partial charge in [-0.25, -0.2) is 0 Å². The van der Waals surface area contributed by atoms with Crippen LogP contribution < -0.4 is 11.1 Å². The zero-order valence-electron chi connectivity index (χ0n) is 11.9. The van der Waals surface area contributed by atoms with Crippen LogP contribution in [0.3, 0.4) is 0 Å². The van der Waals surface area contributed by atoms with Gasteiger partial charge in [-0.3, -0.25) is 9.48 Å². The van der Waals surface area contributed by atoms with Crippen LogP contribution in [0.25, 0.3) is 0 Å². The van der Waals surface area contributed by atoms with Gasteiger partial charge in [0.15, 0.2) is 0 Å². The molecule has 2 atom stereocenters. The lowest BCUT2D eigenvalue weighted by atomic mass is 10.1. The lowest BCUT2D eigenvalue weighted by Gasteiger charge is -2.17. The number of hydrogen-bond donors (Lipinski definition) is 3. The summed E-state index contributed by atoms with van der Waals surface area (Å²) in [7, 11) is 0. The second-order valence-electron chi connectivity index (χ2n) is 5.11. The van der Waals surface area contributed by atoms with Crippen LogP contribution in [0.1, 0.15) is 12.5 Å². The maximum absolute atomic E-state index is 12.0. The smallest absolute Gasteiger partial charge is 0.237 e. The fraction of sp³-hybridized carbons (Fsp3) is 0.333. The molecule has 6 heteroatoms. The molecular formula is C15H20N4O2. The van der Waals surface area contributed by atoms with Crippen molar-refractivity contribution < 1.29 is 9.90 Å². The third-order valence-electron chi connectivity index (χ3n) is 3.14. The third-order valence-corrected chi connectivity index (χ3v) is 3.14. The van der Waals surface area contributed by atoms with Crippen molar-refractivity contribution in [2.45, 2.75) is 32.0 Å². The molecule has 0 saturated carbocycles. The van der Waals surface area contributed by atoms with Crippen LogP contribution in [0.5, 0.6) is 5.75 Å². The molecule has 2 aromatic rings. The van der Waals surface area contributed by atoms with Gasteiger partial charge in [0.2, 0.25) is 5.91 Å². The molecule has 0 aliphatic heterocycles. The minimum absolute atomic E-state index is 0.0525. The predicted octanol–water partition coefficient (Wildman–Crippen LogP) is 0.663. The fourth-order valence-electron chi connectivity index (χ4n) is 2.06. The van der Waals surface area contributed by atoms with Crippen molar-refractivity contribution in [3.8, 4) is 5.75 Å². The molecule has 1 aromatic heterocycles. The molecule has 1 aromatic carbocycles. The highest BCUT2D eigenvalue weighted by Gasteiger charge is 2.16. The second-order valence-corrected chi connectivity index (χ2v) is 5.11. The molecule has 0 bridgehead atoms. The van der Waals surface area contributed by atoms with E-state index < -0.39 is 6.04 Å².